The van der Waals surface area contributed by atoms with E-state index in [9.17, 15) is 4.79 Å². The maximum atomic E-state index is 12.7. The first kappa shape index (κ1) is 18.3. The van der Waals surface area contributed by atoms with Gasteiger partial charge >= 0.3 is 0 Å². The first-order valence-corrected chi connectivity index (χ1v) is 9.28. The van der Waals surface area contributed by atoms with E-state index in [4.69, 9.17) is 0 Å². The van der Waals surface area contributed by atoms with Crippen molar-refractivity contribution in [3.8, 4) is 0 Å². The van der Waals surface area contributed by atoms with Crippen LogP contribution in [0.2, 0.25) is 0 Å². The Kier molecular flexibility index (Phi) is 5.83. The van der Waals surface area contributed by atoms with Crippen LogP contribution < -0.4 is 5.32 Å². The van der Waals surface area contributed by atoms with E-state index in [0.717, 1.165) is 38.4 Å². The number of piperazine rings is 1. The van der Waals surface area contributed by atoms with E-state index >= 15 is 0 Å². The number of benzene rings is 1. The van der Waals surface area contributed by atoms with Crippen LogP contribution in [0.4, 0.5) is 11.6 Å². The molecule has 0 radical (unpaired) electrons. The third-order valence-corrected chi connectivity index (χ3v) is 4.81. The molecule has 2 aromatic rings. The first-order chi connectivity index (χ1) is 12.6. The van der Waals surface area contributed by atoms with Crippen molar-refractivity contribution in [2.75, 3.05) is 38.0 Å². The summed E-state index contributed by atoms with van der Waals surface area (Å²) in [5, 5.41) is 3.18. The summed E-state index contributed by atoms with van der Waals surface area (Å²) in [6.07, 6.45) is 1.63. The van der Waals surface area contributed by atoms with Crippen molar-refractivity contribution in [3.63, 3.8) is 0 Å². The second kappa shape index (κ2) is 8.27. The molecule has 1 N–H and O–H groups in total. The van der Waals surface area contributed by atoms with Crippen LogP contribution in [0.25, 0.3) is 0 Å². The second-order valence-corrected chi connectivity index (χ2v) is 6.89. The number of likely N-dealkylation sites (N-methyl/N-ethyl adjacent to an activating group) is 1. The van der Waals surface area contributed by atoms with Gasteiger partial charge in [-0.25, -0.2) is 9.97 Å². The molecule has 1 aromatic carbocycles. The van der Waals surface area contributed by atoms with Gasteiger partial charge in [-0.05, 0) is 36.2 Å². The molecule has 26 heavy (non-hydrogen) atoms. The summed E-state index contributed by atoms with van der Waals surface area (Å²) < 4.78 is 0. The zero-order valence-electron chi connectivity index (χ0n) is 15.8. The lowest BCUT2D eigenvalue weighted by molar-refractivity contribution is 0.0637. The van der Waals surface area contributed by atoms with E-state index in [1.165, 1.54) is 5.56 Å². The third-order valence-electron chi connectivity index (χ3n) is 4.81. The number of nitrogens with zero attached hydrogens (tertiary/aromatic N) is 4. The number of carbonyl (C=O) groups is 1. The van der Waals surface area contributed by atoms with E-state index in [1.54, 1.807) is 12.3 Å². The van der Waals surface area contributed by atoms with Gasteiger partial charge < -0.3 is 15.1 Å². The highest BCUT2D eigenvalue weighted by molar-refractivity contribution is 5.92. The summed E-state index contributed by atoms with van der Waals surface area (Å²) in [5.74, 6) is 0.913. The first-order valence-electron chi connectivity index (χ1n) is 9.28. The number of amides is 1. The molecule has 1 aliphatic heterocycles. The van der Waals surface area contributed by atoms with Crippen molar-refractivity contribution in [2.45, 2.75) is 26.7 Å². The quantitative estimate of drug-likeness (QED) is 0.895. The molecular formula is C20H27N5O. The number of carbonyl (C=O) groups excluding carboxylic acids is 1. The summed E-state index contributed by atoms with van der Waals surface area (Å²) in [6.45, 7) is 10.8. The molecule has 0 spiro atoms. The molecule has 1 saturated heterocycles. The lowest BCUT2D eigenvalue weighted by Crippen LogP contribution is -2.48. The Labute approximate surface area is 155 Å². The van der Waals surface area contributed by atoms with Crippen molar-refractivity contribution in [1.82, 2.24) is 19.8 Å². The van der Waals surface area contributed by atoms with Crippen LogP contribution in [0, 0.1) is 0 Å². The minimum absolute atomic E-state index is 0.0265. The zero-order valence-corrected chi connectivity index (χ0v) is 15.8. The number of anilines is 2. The molecule has 0 saturated carbocycles. The van der Waals surface area contributed by atoms with Gasteiger partial charge in [0.25, 0.3) is 5.91 Å². The van der Waals surface area contributed by atoms with Gasteiger partial charge in [-0.3, -0.25) is 4.79 Å². The van der Waals surface area contributed by atoms with Crippen molar-refractivity contribution in [1.29, 1.82) is 0 Å². The van der Waals surface area contributed by atoms with Crippen molar-refractivity contribution in [3.05, 3.63) is 47.8 Å². The molecule has 0 atom stereocenters. The van der Waals surface area contributed by atoms with Gasteiger partial charge in [0, 0.05) is 38.1 Å². The summed E-state index contributed by atoms with van der Waals surface area (Å²) in [4.78, 5) is 25.6. The summed E-state index contributed by atoms with van der Waals surface area (Å²) >= 11 is 0. The van der Waals surface area contributed by atoms with Gasteiger partial charge in [-0.1, -0.05) is 32.9 Å². The fraction of sp³-hybridized carbons (Fsp3) is 0.450. The normalized spacial score (nSPS) is 15.3. The van der Waals surface area contributed by atoms with Gasteiger partial charge in [-0.2, -0.15) is 0 Å². The second-order valence-electron chi connectivity index (χ2n) is 6.89. The van der Waals surface area contributed by atoms with Gasteiger partial charge in [-0.15, -0.1) is 0 Å². The summed E-state index contributed by atoms with van der Waals surface area (Å²) in [5.41, 5.74) is 2.63. The fourth-order valence-corrected chi connectivity index (χ4v) is 3.05. The highest BCUT2D eigenvalue weighted by atomic mass is 16.2. The van der Waals surface area contributed by atoms with Gasteiger partial charge in [0.1, 0.15) is 5.69 Å². The van der Waals surface area contributed by atoms with Crippen molar-refractivity contribution < 1.29 is 4.79 Å². The minimum Gasteiger partial charge on any atom is -0.335 e. The van der Waals surface area contributed by atoms with E-state index in [0.29, 0.717) is 17.6 Å². The molecule has 138 valence electrons. The monoisotopic (exact) mass is 353 g/mol. The van der Waals surface area contributed by atoms with E-state index in [1.807, 2.05) is 17.0 Å². The SMILES string of the molecule is CCN1CCN(C(=O)c2ccnc(Nc3ccc(C(C)C)cc3)n2)CC1. The lowest BCUT2D eigenvalue weighted by Gasteiger charge is -2.33. The average Bonchev–Trinajstić information content (AvgIpc) is 2.68. The highest BCUT2D eigenvalue weighted by Crippen LogP contribution is 2.19. The Bertz CT molecular complexity index is 736. The molecule has 0 unspecified atom stereocenters. The Morgan fingerprint density at radius 3 is 2.42 bits per heavy atom. The van der Waals surface area contributed by atoms with Crippen LogP contribution in [-0.2, 0) is 0 Å². The predicted molar refractivity (Wildman–Crippen MR) is 104 cm³/mol. The minimum atomic E-state index is -0.0265. The summed E-state index contributed by atoms with van der Waals surface area (Å²) in [6, 6.07) is 9.89. The van der Waals surface area contributed by atoms with E-state index < -0.39 is 0 Å². The molecule has 2 heterocycles. The van der Waals surface area contributed by atoms with Crippen LogP contribution in [0.1, 0.15) is 42.7 Å². The molecule has 1 amide bonds. The molecule has 1 aliphatic rings. The van der Waals surface area contributed by atoms with Gasteiger partial charge in [0.15, 0.2) is 0 Å². The van der Waals surface area contributed by atoms with Crippen molar-refractivity contribution >= 4 is 17.5 Å². The van der Waals surface area contributed by atoms with Crippen LogP contribution in [0.15, 0.2) is 36.5 Å². The molecule has 6 nitrogen and oxygen atoms in total. The molecular weight excluding hydrogens is 326 g/mol. The lowest BCUT2D eigenvalue weighted by atomic mass is 10.0. The topological polar surface area (TPSA) is 61.4 Å². The Morgan fingerprint density at radius 1 is 1.12 bits per heavy atom. The Morgan fingerprint density at radius 2 is 1.81 bits per heavy atom. The number of hydrogen-bond acceptors (Lipinski definition) is 5. The van der Waals surface area contributed by atoms with Crippen LogP contribution in [0.3, 0.4) is 0 Å². The van der Waals surface area contributed by atoms with Gasteiger partial charge in [0.05, 0.1) is 0 Å². The Balaban J connectivity index is 1.67. The maximum Gasteiger partial charge on any atom is 0.272 e. The molecule has 0 aliphatic carbocycles. The number of aromatic nitrogens is 2. The number of hydrogen-bond donors (Lipinski definition) is 1. The van der Waals surface area contributed by atoms with Crippen LogP contribution in [0.5, 0.6) is 0 Å². The molecule has 3 rings (SSSR count). The standard InChI is InChI=1S/C20H27N5O/c1-4-24-11-13-25(14-12-24)19(26)18-9-10-21-20(23-18)22-17-7-5-16(6-8-17)15(2)3/h5-10,15H,4,11-14H2,1-3H3,(H,21,22,23). The average molecular weight is 353 g/mol. The molecule has 1 aromatic heterocycles. The van der Waals surface area contributed by atoms with E-state index in [-0.39, 0.29) is 5.91 Å². The smallest absolute Gasteiger partial charge is 0.272 e. The Hall–Kier alpha value is -2.47. The molecule has 1 fully saturated rings. The van der Waals surface area contributed by atoms with Crippen LogP contribution in [-0.4, -0.2) is 58.4 Å². The van der Waals surface area contributed by atoms with Crippen LogP contribution >= 0.6 is 0 Å². The zero-order chi connectivity index (χ0) is 18.5. The fourth-order valence-electron chi connectivity index (χ4n) is 3.05. The van der Waals surface area contributed by atoms with Gasteiger partial charge in [0.2, 0.25) is 5.95 Å². The highest BCUT2D eigenvalue weighted by Gasteiger charge is 2.22. The third kappa shape index (κ3) is 4.38. The van der Waals surface area contributed by atoms with E-state index in [2.05, 4.69) is 53.1 Å². The van der Waals surface area contributed by atoms with Crippen molar-refractivity contribution in [2.24, 2.45) is 0 Å². The summed E-state index contributed by atoms with van der Waals surface area (Å²) in [7, 11) is 0. The number of rotatable bonds is 5. The molecule has 6 heteroatoms. The molecule has 0 bridgehead atoms. The maximum absolute atomic E-state index is 12.7. The number of nitrogens with one attached hydrogen (secondary N) is 1. The predicted octanol–water partition coefficient (Wildman–Crippen LogP) is 3.12. The largest absolute Gasteiger partial charge is 0.335 e.